The second-order valence-corrected chi connectivity index (χ2v) is 3.86. The highest BCUT2D eigenvalue weighted by Gasteiger charge is 2.19. The fraction of sp³-hybridized carbons (Fsp3) is 0.231. The minimum Gasteiger partial charge on any atom is -0.205 e. The van der Waals surface area contributed by atoms with Gasteiger partial charge >= 0.3 is 0 Å². The second-order valence-electron chi connectivity index (χ2n) is 3.86. The average Bonchev–Trinajstić information content (AvgIpc) is 2.24. The van der Waals surface area contributed by atoms with Crippen LogP contribution in [0, 0.1) is 0 Å². The molecule has 1 atom stereocenters. The Kier molecular flexibility index (Phi) is 2.58. The molecular weight excluding hydrogens is 189 g/mol. The van der Waals surface area contributed by atoms with E-state index in [2.05, 4.69) is 0 Å². The molecule has 0 N–H and O–H groups in total. The van der Waals surface area contributed by atoms with Crippen molar-refractivity contribution in [1.82, 2.24) is 5.12 Å². The van der Waals surface area contributed by atoms with Crippen LogP contribution in [0.25, 0.3) is 5.70 Å². The smallest absolute Gasteiger partial charge is 0.0773 e. The first-order valence-electron chi connectivity index (χ1n) is 5.09. The van der Waals surface area contributed by atoms with Gasteiger partial charge in [0.05, 0.1) is 11.7 Å². The van der Waals surface area contributed by atoms with Crippen molar-refractivity contribution in [2.24, 2.45) is 0 Å². The molecule has 2 heteroatoms. The number of nitrogens with zero attached hydrogens (tertiary/aromatic N) is 1. The van der Waals surface area contributed by atoms with Gasteiger partial charge in [0, 0.05) is 5.56 Å². The van der Waals surface area contributed by atoms with E-state index in [4.69, 9.17) is 0 Å². The summed E-state index contributed by atoms with van der Waals surface area (Å²) in [4.78, 5) is 0. The van der Waals surface area contributed by atoms with Crippen LogP contribution < -0.4 is 0 Å². The molecule has 78 valence electrons. The zero-order valence-corrected chi connectivity index (χ0v) is 8.94. The van der Waals surface area contributed by atoms with E-state index in [1.165, 1.54) is 0 Å². The number of benzene rings is 1. The Balaban J connectivity index is 2.41. The molecule has 0 fully saturated rings. The van der Waals surface area contributed by atoms with Crippen molar-refractivity contribution in [3.63, 3.8) is 0 Å². The lowest BCUT2D eigenvalue weighted by molar-refractivity contribution is 0.0788. The fourth-order valence-electron chi connectivity index (χ4n) is 1.81. The molecule has 0 saturated carbocycles. The third kappa shape index (κ3) is 1.94. The third-order valence-electron chi connectivity index (χ3n) is 2.53. The van der Waals surface area contributed by atoms with E-state index in [9.17, 15) is 4.48 Å². The van der Waals surface area contributed by atoms with E-state index < -0.39 is 0 Å². The summed E-state index contributed by atoms with van der Waals surface area (Å²) in [5.41, 5.74) is 2.66. The molecule has 15 heavy (non-hydrogen) atoms. The van der Waals surface area contributed by atoms with Crippen molar-refractivity contribution in [2.45, 2.75) is 19.9 Å². The van der Waals surface area contributed by atoms with Crippen molar-refractivity contribution in [1.29, 1.82) is 0 Å². The van der Waals surface area contributed by atoms with E-state index in [-0.39, 0.29) is 6.04 Å². The summed E-state index contributed by atoms with van der Waals surface area (Å²) in [6, 6.07) is 9.42. The van der Waals surface area contributed by atoms with Crippen molar-refractivity contribution >= 4 is 5.70 Å². The molecule has 1 nitrogen and oxygen atoms in total. The minimum absolute atomic E-state index is 0.190. The number of hydrogen-bond acceptors (Lipinski definition) is 1. The molecule has 2 rings (SSSR count). The lowest BCUT2D eigenvalue weighted by Gasteiger charge is -2.26. The van der Waals surface area contributed by atoms with Gasteiger partial charge in [0.2, 0.25) is 0 Å². The highest BCUT2D eigenvalue weighted by Crippen LogP contribution is 2.28. The average molecular weight is 203 g/mol. The number of allylic oxidation sites excluding steroid dienone is 2. The molecule has 0 spiro atoms. The van der Waals surface area contributed by atoms with Crippen LogP contribution in [0.15, 0.2) is 48.1 Å². The van der Waals surface area contributed by atoms with Crippen LogP contribution in [-0.4, -0.2) is 11.2 Å². The molecule has 1 heterocycles. The van der Waals surface area contributed by atoms with E-state index >= 15 is 0 Å². The Morgan fingerprint density at radius 2 is 1.87 bits per heavy atom. The Morgan fingerprint density at radius 3 is 2.53 bits per heavy atom. The molecule has 0 amide bonds. The third-order valence-corrected chi connectivity index (χ3v) is 2.53. The molecular formula is C13H14FN. The largest absolute Gasteiger partial charge is 0.205 e. The normalized spacial score (nSPS) is 21.0. The SMILES string of the molecule is CC1=CC(C)N(F)C(c2ccccc2)=C1. The van der Waals surface area contributed by atoms with Crippen LogP contribution in [0.5, 0.6) is 0 Å². The van der Waals surface area contributed by atoms with E-state index in [0.717, 1.165) is 16.3 Å². The van der Waals surface area contributed by atoms with Gasteiger partial charge in [-0.3, -0.25) is 0 Å². The summed E-state index contributed by atoms with van der Waals surface area (Å²) in [5, 5.41) is 0.808. The first-order chi connectivity index (χ1) is 7.18. The lowest BCUT2D eigenvalue weighted by Crippen LogP contribution is -2.24. The van der Waals surface area contributed by atoms with Gasteiger partial charge in [-0.05, 0) is 19.9 Å². The Morgan fingerprint density at radius 1 is 1.20 bits per heavy atom. The highest BCUT2D eigenvalue weighted by atomic mass is 19.2. The summed E-state index contributed by atoms with van der Waals surface area (Å²) < 4.78 is 13.8. The van der Waals surface area contributed by atoms with Crippen LogP contribution in [0.2, 0.25) is 0 Å². The molecule has 1 aliphatic heterocycles. The Labute approximate surface area is 89.5 Å². The zero-order chi connectivity index (χ0) is 10.8. The summed E-state index contributed by atoms with van der Waals surface area (Å²) in [6.07, 6.45) is 3.78. The van der Waals surface area contributed by atoms with E-state index in [1.54, 1.807) is 0 Å². The number of rotatable bonds is 1. The van der Waals surface area contributed by atoms with Crippen molar-refractivity contribution in [3.05, 3.63) is 53.6 Å². The molecule has 0 aliphatic carbocycles. The molecule has 1 unspecified atom stereocenters. The molecule has 1 aromatic rings. The fourth-order valence-corrected chi connectivity index (χ4v) is 1.81. The maximum atomic E-state index is 13.8. The zero-order valence-electron chi connectivity index (χ0n) is 8.94. The molecule has 0 radical (unpaired) electrons. The maximum Gasteiger partial charge on any atom is 0.0773 e. The summed E-state index contributed by atoms with van der Waals surface area (Å²) in [7, 11) is 0. The van der Waals surface area contributed by atoms with Crippen LogP contribution in [0.1, 0.15) is 19.4 Å². The summed E-state index contributed by atoms with van der Waals surface area (Å²) in [6.45, 7) is 3.84. The van der Waals surface area contributed by atoms with Gasteiger partial charge in [0.1, 0.15) is 0 Å². The van der Waals surface area contributed by atoms with Gasteiger partial charge in [-0.2, -0.15) is 0 Å². The first kappa shape index (κ1) is 9.97. The summed E-state index contributed by atoms with van der Waals surface area (Å²) >= 11 is 0. The molecule has 1 aliphatic rings. The van der Waals surface area contributed by atoms with Crippen LogP contribution in [0.3, 0.4) is 0 Å². The summed E-state index contributed by atoms with van der Waals surface area (Å²) in [5.74, 6) is 0. The van der Waals surface area contributed by atoms with E-state index in [1.807, 2.05) is 56.3 Å². The lowest BCUT2D eigenvalue weighted by atomic mass is 10.0. The van der Waals surface area contributed by atoms with Gasteiger partial charge in [0.25, 0.3) is 0 Å². The first-order valence-corrected chi connectivity index (χ1v) is 5.09. The number of hydrogen-bond donors (Lipinski definition) is 0. The maximum absolute atomic E-state index is 13.8. The Hall–Kier alpha value is -1.57. The second kappa shape index (κ2) is 3.89. The standard InChI is InChI=1S/C13H14FN/c1-10-8-11(2)15(14)13(9-10)12-6-4-3-5-7-12/h3-9,11H,1-2H3. The topological polar surface area (TPSA) is 3.24 Å². The highest BCUT2D eigenvalue weighted by molar-refractivity contribution is 5.67. The number of halogens is 1. The molecule has 0 bridgehead atoms. The quantitative estimate of drug-likeness (QED) is 0.631. The Bertz CT molecular complexity index is 406. The van der Waals surface area contributed by atoms with Crippen molar-refractivity contribution in [3.8, 4) is 0 Å². The van der Waals surface area contributed by atoms with Gasteiger partial charge in [-0.1, -0.05) is 46.5 Å². The van der Waals surface area contributed by atoms with Crippen molar-refractivity contribution in [2.75, 3.05) is 0 Å². The van der Waals surface area contributed by atoms with Crippen LogP contribution >= 0.6 is 0 Å². The molecule has 0 saturated heterocycles. The van der Waals surface area contributed by atoms with Gasteiger partial charge in [-0.15, -0.1) is 0 Å². The van der Waals surface area contributed by atoms with Gasteiger partial charge in [-0.25, -0.2) is 5.12 Å². The monoisotopic (exact) mass is 203 g/mol. The molecule has 1 aromatic carbocycles. The van der Waals surface area contributed by atoms with Crippen molar-refractivity contribution < 1.29 is 4.48 Å². The van der Waals surface area contributed by atoms with Crippen LogP contribution in [-0.2, 0) is 0 Å². The minimum atomic E-state index is -0.190. The van der Waals surface area contributed by atoms with Gasteiger partial charge < -0.3 is 0 Å². The predicted molar refractivity (Wildman–Crippen MR) is 60.6 cm³/mol. The predicted octanol–water partition coefficient (Wildman–Crippen LogP) is 3.56. The molecule has 0 aromatic heterocycles. The van der Waals surface area contributed by atoms with Gasteiger partial charge in [0.15, 0.2) is 0 Å². The van der Waals surface area contributed by atoms with Crippen LogP contribution in [0.4, 0.5) is 4.48 Å². The van der Waals surface area contributed by atoms with E-state index in [0.29, 0.717) is 5.70 Å².